The van der Waals surface area contributed by atoms with Crippen molar-refractivity contribution in [2.75, 3.05) is 28.4 Å². The van der Waals surface area contributed by atoms with E-state index in [1.807, 2.05) is 54.6 Å². The summed E-state index contributed by atoms with van der Waals surface area (Å²) in [6.45, 7) is -0.286. The summed E-state index contributed by atoms with van der Waals surface area (Å²) in [5.74, 6) is 2.17. The Bertz CT molecular complexity index is 1630. The number of methoxy groups -OCH3 is 4. The third-order valence-corrected chi connectivity index (χ3v) is 6.92. The lowest BCUT2D eigenvalue weighted by Gasteiger charge is -2.22. The molecule has 0 saturated carbocycles. The van der Waals surface area contributed by atoms with Crippen LogP contribution in [0.4, 0.5) is 0 Å². The van der Waals surface area contributed by atoms with Crippen molar-refractivity contribution < 1.29 is 23.7 Å². The third-order valence-electron chi connectivity index (χ3n) is 6.92. The molecule has 0 aliphatic carbocycles. The summed E-state index contributed by atoms with van der Waals surface area (Å²) in [5.41, 5.74) is 3.34. The van der Waals surface area contributed by atoms with E-state index in [9.17, 15) is 9.59 Å². The van der Waals surface area contributed by atoms with Crippen LogP contribution in [0.5, 0.6) is 23.0 Å². The molecule has 0 bridgehead atoms. The van der Waals surface area contributed by atoms with Crippen LogP contribution in [0.1, 0.15) is 23.6 Å². The van der Waals surface area contributed by atoms with Crippen LogP contribution in [-0.2, 0) is 11.3 Å². The van der Waals surface area contributed by atoms with Gasteiger partial charge in [-0.2, -0.15) is 10.2 Å². The van der Waals surface area contributed by atoms with E-state index >= 15 is 0 Å². The number of carbonyl (C=O) groups is 1. The maximum Gasteiger partial charge on any atom is 0.267 e. The molecule has 0 N–H and O–H groups in total. The summed E-state index contributed by atoms with van der Waals surface area (Å²) < 4.78 is 22.5. The van der Waals surface area contributed by atoms with Crippen LogP contribution in [-0.4, -0.2) is 54.8 Å². The van der Waals surface area contributed by atoms with Gasteiger partial charge in [-0.05, 0) is 71.8 Å². The molecule has 1 aromatic heterocycles. The second-order valence-electron chi connectivity index (χ2n) is 9.29. The molecule has 210 valence electrons. The maximum atomic E-state index is 13.7. The lowest BCUT2D eigenvalue weighted by Crippen LogP contribution is -2.34. The van der Waals surface area contributed by atoms with Gasteiger partial charge in [-0.15, -0.1) is 0 Å². The molecular formula is C31H30N4O6. The second-order valence-corrected chi connectivity index (χ2v) is 9.29. The monoisotopic (exact) mass is 554 g/mol. The van der Waals surface area contributed by atoms with Gasteiger partial charge in [-0.3, -0.25) is 9.59 Å². The molecule has 41 heavy (non-hydrogen) atoms. The second kappa shape index (κ2) is 12.0. The molecule has 10 nitrogen and oxygen atoms in total. The standard InChI is InChI=1S/C31H30N4O6/c1-38-23-10-5-20(6-11-23)26-18-27(21-7-12-24(39-2)13-8-21)35(33-26)31(37)19-34-30(36)16-14-25(32-34)22-9-15-28(40-3)29(17-22)41-4/h5-17,27H,18-19H2,1-4H3. The van der Waals surface area contributed by atoms with Crippen molar-refractivity contribution in [1.82, 2.24) is 14.8 Å². The first-order valence-electron chi connectivity index (χ1n) is 12.9. The van der Waals surface area contributed by atoms with Crippen molar-refractivity contribution in [2.24, 2.45) is 5.10 Å². The highest BCUT2D eigenvalue weighted by Gasteiger charge is 2.33. The molecule has 0 radical (unpaired) electrons. The van der Waals surface area contributed by atoms with E-state index in [4.69, 9.17) is 24.0 Å². The predicted octanol–water partition coefficient (Wildman–Crippen LogP) is 4.32. The Morgan fingerprint density at radius 1 is 0.780 bits per heavy atom. The van der Waals surface area contributed by atoms with Gasteiger partial charge in [-0.25, -0.2) is 9.69 Å². The quantitative estimate of drug-likeness (QED) is 0.303. The Morgan fingerprint density at radius 2 is 1.41 bits per heavy atom. The average molecular weight is 555 g/mol. The molecule has 5 rings (SSSR count). The Morgan fingerprint density at radius 3 is 2.05 bits per heavy atom. The van der Waals surface area contributed by atoms with Gasteiger partial charge in [0.2, 0.25) is 0 Å². The van der Waals surface area contributed by atoms with Crippen LogP contribution >= 0.6 is 0 Å². The first kappa shape index (κ1) is 27.4. The summed E-state index contributed by atoms with van der Waals surface area (Å²) in [4.78, 5) is 26.5. The smallest absolute Gasteiger partial charge is 0.267 e. The third kappa shape index (κ3) is 5.76. The van der Waals surface area contributed by atoms with Gasteiger partial charge in [0.25, 0.3) is 11.5 Å². The summed E-state index contributed by atoms with van der Waals surface area (Å²) in [7, 11) is 6.32. The molecule has 10 heteroatoms. The minimum Gasteiger partial charge on any atom is -0.497 e. The van der Waals surface area contributed by atoms with Crippen molar-refractivity contribution in [2.45, 2.75) is 19.0 Å². The molecule has 0 spiro atoms. The van der Waals surface area contributed by atoms with Gasteiger partial charge in [0.05, 0.1) is 45.9 Å². The summed E-state index contributed by atoms with van der Waals surface area (Å²) in [6.07, 6.45) is 0.498. The SMILES string of the molecule is COc1ccc(C2=NN(C(=O)Cn3nc(-c4ccc(OC)c(OC)c4)ccc3=O)C(c3ccc(OC)cc3)C2)cc1. The molecule has 0 saturated heterocycles. The lowest BCUT2D eigenvalue weighted by atomic mass is 9.98. The number of nitrogens with zero attached hydrogens (tertiary/aromatic N) is 4. The number of carbonyl (C=O) groups excluding carboxylic acids is 1. The van der Waals surface area contributed by atoms with Crippen molar-refractivity contribution >= 4 is 11.6 Å². The number of hydrogen-bond donors (Lipinski definition) is 0. The lowest BCUT2D eigenvalue weighted by molar-refractivity contribution is -0.133. The van der Waals surface area contributed by atoms with Crippen molar-refractivity contribution in [3.63, 3.8) is 0 Å². The zero-order chi connectivity index (χ0) is 28.9. The van der Waals surface area contributed by atoms with Crippen LogP contribution in [0.15, 0.2) is 88.8 Å². The minimum absolute atomic E-state index is 0.286. The molecule has 1 aliphatic rings. The Labute approximate surface area is 237 Å². The molecule has 1 amide bonds. The van der Waals surface area contributed by atoms with Crippen LogP contribution in [0, 0.1) is 0 Å². The summed E-state index contributed by atoms with van der Waals surface area (Å²) in [5, 5.41) is 10.6. The topological polar surface area (TPSA) is 104 Å². The first-order chi connectivity index (χ1) is 19.9. The zero-order valence-electron chi connectivity index (χ0n) is 23.2. The molecule has 4 aromatic rings. The summed E-state index contributed by atoms with van der Waals surface area (Å²) in [6, 6.07) is 23.0. The minimum atomic E-state index is -0.401. The van der Waals surface area contributed by atoms with Gasteiger partial charge in [-0.1, -0.05) is 12.1 Å². The number of benzene rings is 3. The van der Waals surface area contributed by atoms with Crippen LogP contribution in [0.3, 0.4) is 0 Å². The van der Waals surface area contributed by atoms with Gasteiger partial charge < -0.3 is 18.9 Å². The highest BCUT2D eigenvalue weighted by atomic mass is 16.5. The first-order valence-corrected chi connectivity index (χ1v) is 12.9. The zero-order valence-corrected chi connectivity index (χ0v) is 23.2. The molecule has 1 unspecified atom stereocenters. The maximum absolute atomic E-state index is 13.7. The molecule has 0 fully saturated rings. The van der Waals surface area contributed by atoms with Crippen LogP contribution in [0.25, 0.3) is 11.3 Å². The Hall–Kier alpha value is -5.12. The van der Waals surface area contributed by atoms with E-state index in [-0.39, 0.29) is 18.5 Å². The van der Waals surface area contributed by atoms with Gasteiger partial charge in [0.15, 0.2) is 11.5 Å². The normalized spacial score (nSPS) is 14.4. The number of ether oxygens (including phenoxy) is 4. The van der Waals surface area contributed by atoms with Crippen LogP contribution in [0.2, 0.25) is 0 Å². The highest BCUT2D eigenvalue weighted by Crippen LogP contribution is 2.34. The van der Waals surface area contributed by atoms with E-state index in [1.165, 1.54) is 11.1 Å². The molecular weight excluding hydrogens is 524 g/mol. The number of rotatable bonds is 9. The van der Waals surface area contributed by atoms with E-state index in [1.54, 1.807) is 46.6 Å². The molecule has 3 aromatic carbocycles. The fourth-order valence-corrected chi connectivity index (χ4v) is 4.70. The van der Waals surface area contributed by atoms with E-state index in [0.29, 0.717) is 34.9 Å². The molecule has 1 atom stereocenters. The van der Waals surface area contributed by atoms with E-state index in [0.717, 1.165) is 27.3 Å². The number of amides is 1. The van der Waals surface area contributed by atoms with Crippen molar-refractivity contribution in [3.8, 4) is 34.3 Å². The highest BCUT2D eigenvalue weighted by molar-refractivity contribution is 6.03. The molecule has 1 aliphatic heterocycles. The summed E-state index contributed by atoms with van der Waals surface area (Å²) >= 11 is 0. The number of hydrazone groups is 1. The molecule has 2 heterocycles. The average Bonchev–Trinajstić information content (AvgIpc) is 3.47. The largest absolute Gasteiger partial charge is 0.497 e. The Kier molecular flexibility index (Phi) is 8.00. The van der Waals surface area contributed by atoms with E-state index in [2.05, 4.69) is 5.10 Å². The Balaban J connectivity index is 1.46. The number of hydrogen-bond acceptors (Lipinski definition) is 8. The predicted molar refractivity (Wildman–Crippen MR) is 154 cm³/mol. The van der Waals surface area contributed by atoms with Crippen molar-refractivity contribution in [1.29, 1.82) is 0 Å². The van der Waals surface area contributed by atoms with Gasteiger partial charge in [0, 0.05) is 18.1 Å². The number of aromatic nitrogens is 2. The van der Waals surface area contributed by atoms with Crippen LogP contribution < -0.4 is 24.5 Å². The fourth-order valence-electron chi connectivity index (χ4n) is 4.70. The van der Waals surface area contributed by atoms with Gasteiger partial charge in [0.1, 0.15) is 18.0 Å². The van der Waals surface area contributed by atoms with Gasteiger partial charge >= 0.3 is 0 Å². The van der Waals surface area contributed by atoms with Crippen molar-refractivity contribution in [3.05, 3.63) is 100 Å². The van der Waals surface area contributed by atoms with E-state index < -0.39 is 5.56 Å². The fraction of sp³-hybridized carbons (Fsp3) is 0.226.